The van der Waals surface area contributed by atoms with Crippen LogP contribution in [0, 0.1) is 0 Å². The Morgan fingerprint density at radius 3 is 2.30 bits per heavy atom. The molecule has 0 aliphatic heterocycles. The van der Waals surface area contributed by atoms with Crippen LogP contribution in [0.2, 0.25) is 10.0 Å². The van der Waals surface area contributed by atoms with Crippen molar-refractivity contribution in [3.63, 3.8) is 0 Å². The molecule has 0 radical (unpaired) electrons. The molecule has 3 rings (SSSR count). The number of halogens is 2. The summed E-state index contributed by atoms with van der Waals surface area (Å²) in [6, 6.07) is 12.4. The molecule has 0 amide bonds. The second kappa shape index (κ2) is 10.8. The van der Waals surface area contributed by atoms with E-state index in [9.17, 15) is 4.79 Å². The Balaban J connectivity index is 1.98. The summed E-state index contributed by atoms with van der Waals surface area (Å²) in [5, 5.41) is 4.96. The Labute approximate surface area is 203 Å². The quantitative estimate of drug-likeness (QED) is 0.320. The number of aromatic nitrogens is 2. The highest BCUT2D eigenvalue weighted by Gasteiger charge is 2.17. The summed E-state index contributed by atoms with van der Waals surface area (Å²) >= 11 is 12.9. The van der Waals surface area contributed by atoms with Gasteiger partial charge in [0.2, 0.25) is 5.88 Å². The van der Waals surface area contributed by atoms with Crippen molar-refractivity contribution >= 4 is 29.0 Å². The first-order valence-electron chi connectivity index (χ1n) is 10.5. The predicted octanol–water partition coefficient (Wildman–Crippen LogP) is 6.53. The van der Waals surface area contributed by atoms with E-state index in [1.807, 2.05) is 45.0 Å². The molecule has 8 heteroatoms. The molecule has 0 N–H and O–H groups in total. The van der Waals surface area contributed by atoms with Crippen LogP contribution in [0.25, 0.3) is 5.76 Å². The normalized spacial score (nSPS) is 10.9. The molecule has 0 saturated carbocycles. The van der Waals surface area contributed by atoms with Crippen LogP contribution in [-0.4, -0.2) is 23.5 Å². The second-order valence-corrected chi connectivity index (χ2v) is 8.45. The molecule has 0 aliphatic carbocycles. The minimum Gasteiger partial charge on any atom is -0.497 e. The molecular formula is C25H26Cl2N2O4. The third kappa shape index (κ3) is 5.89. The van der Waals surface area contributed by atoms with E-state index in [1.54, 1.807) is 25.3 Å². The van der Waals surface area contributed by atoms with E-state index < -0.39 is 0 Å². The Hall–Kier alpha value is -2.96. The van der Waals surface area contributed by atoms with Gasteiger partial charge in [-0.05, 0) is 42.7 Å². The fraction of sp³-hybridized carbons (Fsp3) is 0.280. The molecule has 0 unspecified atom stereocenters. The maximum atomic E-state index is 13.0. The molecule has 0 spiro atoms. The standard InChI is InChI=1S/C25H26Cl2N2O4/c1-6-32-16(4)18-11-21(26)24(22(27)12-18)33-23-13-20(15(2)3)25(30)29(28-23)14-17-7-9-19(31-5)10-8-17/h7-13,15H,4,6,14H2,1-3,5H3. The van der Waals surface area contributed by atoms with E-state index in [-0.39, 0.29) is 39.7 Å². The Morgan fingerprint density at radius 2 is 1.76 bits per heavy atom. The maximum Gasteiger partial charge on any atom is 0.270 e. The third-order valence-electron chi connectivity index (χ3n) is 4.94. The van der Waals surface area contributed by atoms with Gasteiger partial charge in [0, 0.05) is 17.2 Å². The van der Waals surface area contributed by atoms with Crippen LogP contribution >= 0.6 is 23.2 Å². The van der Waals surface area contributed by atoms with E-state index in [1.165, 1.54) is 4.68 Å². The molecule has 0 saturated heterocycles. The van der Waals surface area contributed by atoms with E-state index in [0.29, 0.717) is 23.5 Å². The van der Waals surface area contributed by atoms with Crippen LogP contribution in [0.15, 0.2) is 53.8 Å². The number of rotatable bonds is 9. The summed E-state index contributed by atoms with van der Waals surface area (Å²) in [5.74, 6) is 1.61. The van der Waals surface area contributed by atoms with E-state index in [2.05, 4.69) is 11.7 Å². The Bertz CT molecular complexity index is 1180. The number of ether oxygens (including phenoxy) is 3. The first kappa shape index (κ1) is 24.7. The van der Waals surface area contributed by atoms with Crippen LogP contribution in [0.5, 0.6) is 17.4 Å². The van der Waals surface area contributed by atoms with Crippen molar-refractivity contribution in [3.05, 3.63) is 86.1 Å². The summed E-state index contributed by atoms with van der Waals surface area (Å²) in [6.07, 6.45) is 0. The van der Waals surface area contributed by atoms with Crippen LogP contribution in [0.1, 0.15) is 43.4 Å². The van der Waals surface area contributed by atoms with E-state index in [4.69, 9.17) is 37.4 Å². The molecule has 6 nitrogen and oxygen atoms in total. The van der Waals surface area contributed by atoms with E-state index in [0.717, 1.165) is 11.3 Å². The van der Waals surface area contributed by atoms with Crippen molar-refractivity contribution in [2.75, 3.05) is 13.7 Å². The molecule has 3 aromatic rings. The van der Waals surface area contributed by atoms with Gasteiger partial charge >= 0.3 is 0 Å². The van der Waals surface area contributed by atoms with Gasteiger partial charge in [-0.3, -0.25) is 4.79 Å². The lowest BCUT2D eigenvalue weighted by Gasteiger charge is -2.15. The van der Waals surface area contributed by atoms with Gasteiger partial charge in [0.25, 0.3) is 5.56 Å². The summed E-state index contributed by atoms with van der Waals surface area (Å²) in [5.41, 5.74) is 1.93. The molecule has 174 valence electrons. The zero-order chi connectivity index (χ0) is 24.1. The molecule has 2 aromatic carbocycles. The lowest BCUT2D eigenvalue weighted by molar-refractivity contribution is 0.299. The van der Waals surface area contributed by atoms with Crippen LogP contribution in [0.4, 0.5) is 0 Å². The number of hydrogen-bond donors (Lipinski definition) is 0. The largest absolute Gasteiger partial charge is 0.497 e. The highest BCUT2D eigenvalue weighted by molar-refractivity contribution is 6.37. The molecule has 1 aromatic heterocycles. The van der Waals surface area contributed by atoms with Gasteiger partial charge in [0.15, 0.2) is 5.75 Å². The van der Waals surface area contributed by atoms with Gasteiger partial charge in [-0.15, -0.1) is 5.10 Å². The predicted molar refractivity (Wildman–Crippen MR) is 132 cm³/mol. The summed E-state index contributed by atoms with van der Waals surface area (Å²) < 4.78 is 18.0. The van der Waals surface area contributed by atoms with Crippen LogP contribution in [0.3, 0.4) is 0 Å². The average molecular weight is 489 g/mol. The highest BCUT2D eigenvalue weighted by Crippen LogP contribution is 2.38. The van der Waals surface area contributed by atoms with Crippen molar-refractivity contribution in [1.82, 2.24) is 9.78 Å². The van der Waals surface area contributed by atoms with Crippen molar-refractivity contribution in [2.24, 2.45) is 0 Å². The van der Waals surface area contributed by atoms with Crippen molar-refractivity contribution in [1.29, 1.82) is 0 Å². The van der Waals surface area contributed by atoms with Gasteiger partial charge < -0.3 is 14.2 Å². The number of methoxy groups -OCH3 is 1. The van der Waals surface area contributed by atoms with Gasteiger partial charge in [0.05, 0.1) is 30.3 Å². The molecule has 33 heavy (non-hydrogen) atoms. The third-order valence-corrected chi connectivity index (χ3v) is 5.50. The molecule has 0 atom stereocenters. The summed E-state index contributed by atoms with van der Waals surface area (Å²) in [6.45, 7) is 10.4. The van der Waals surface area contributed by atoms with Crippen molar-refractivity contribution in [2.45, 2.75) is 33.2 Å². The van der Waals surface area contributed by atoms with Crippen LogP contribution < -0.4 is 15.0 Å². The van der Waals surface area contributed by atoms with Gasteiger partial charge in [-0.2, -0.15) is 0 Å². The Kier molecular flexibility index (Phi) is 8.06. The lowest BCUT2D eigenvalue weighted by Crippen LogP contribution is -2.27. The van der Waals surface area contributed by atoms with Crippen molar-refractivity contribution < 1.29 is 14.2 Å². The van der Waals surface area contributed by atoms with Gasteiger partial charge in [-0.1, -0.05) is 55.8 Å². The number of hydrogen-bond acceptors (Lipinski definition) is 5. The minimum absolute atomic E-state index is 0.0344. The smallest absolute Gasteiger partial charge is 0.270 e. The van der Waals surface area contributed by atoms with Gasteiger partial charge in [-0.25, -0.2) is 4.68 Å². The molecule has 0 fully saturated rings. The summed E-state index contributed by atoms with van der Waals surface area (Å²) in [4.78, 5) is 13.0. The molecular weight excluding hydrogens is 463 g/mol. The molecule has 0 bridgehead atoms. The Morgan fingerprint density at radius 1 is 1.12 bits per heavy atom. The SMILES string of the molecule is C=C(OCC)c1cc(Cl)c(Oc2cc(C(C)C)c(=O)n(Cc3ccc(OC)cc3)n2)c(Cl)c1. The first-order chi connectivity index (χ1) is 15.7. The molecule has 0 aliphatic rings. The molecule has 1 heterocycles. The second-order valence-electron chi connectivity index (χ2n) is 7.63. The van der Waals surface area contributed by atoms with Crippen LogP contribution in [-0.2, 0) is 11.3 Å². The number of benzene rings is 2. The highest BCUT2D eigenvalue weighted by atomic mass is 35.5. The fourth-order valence-electron chi connectivity index (χ4n) is 3.19. The fourth-order valence-corrected chi connectivity index (χ4v) is 3.76. The monoisotopic (exact) mass is 488 g/mol. The first-order valence-corrected chi connectivity index (χ1v) is 11.2. The van der Waals surface area contributed by atoms with E-state index >= 15 is 0 Å². The topological polar surface area (TPSA) is 62.6 Å². The van der Waals surface area contributed by atoms with Gasteiger partial charge in [0.1, 0.15) is 11.5 Å². The maximum absolute atomic E-state index is 13.0. The zero-order valence-corrected chi connectivity index (χ0v) is 20.5. The number of nitrogens with zero attached hydrogens (tertiary/aromatic N) is 2. The average Bonchev–Trinajstić information content (AvgIpc) is 2.78. The van der Waals surface area contributed by atoms with Crippen molar-refractivity contribution in [3.8, 4) is 17.4 Å². The summed E-state index contributed by atoms with van der Waals surface area (Å²) in [7, 11) is 1.60. The lowest BCUT2D eigenvalue weighted by atomic mass is 10.1. The zero-order valence-electron chi connectivity index (χ0n) is 19.0. The minimum atomic E-state index is -0.186.